The van der Waals surface area contributed by atoms with Gasteiger partial charge in [-0.05, 0) is 6.92 Å². The van der Waals surface area contributed by atoms with Gasteiger partial charge in [0.05, 0.1) is 12.7 Å². The van der Waals surface area contributed by atoms with Crippen LogP contribution in [0.15, 0.2) is 17.6 Å². The Labute approximate surface area is 108 Å². The molecule has 0 amide bonds. The molecule has 1 aromatic heterocycles. The van der Waals surface area contributed by atoms with Gasteiger partial charge in [0.2, 0.25) is 0 Å². The lowest BCUT2D eigenvalue weighted by Gasteiger charge is -2.11. The van der Waals surface area contributed by atoms with Crippen LogP contribution < -0.4 is 4.72 Å². The highest BCUT2D eigenvalue weighted by Crippen LogP contribution is 2.07. The van der Waals surface area contributed by atoms with E-state index in [4.69, 9.17) is 10.2 Å². The van der Waals surface area contributed by atoms with Crippen molar-refractivity contribution in [3.63, 3.8) is 0 Å². The Morgan fingerprint density at radius 1 is 1.47 bits per heavy atom. The molecule has 0 aromatic carbocycles. The molecule has 106 valence electrons. The zero-order valence-corrected chi connectivity index (χ0v) is 10.8. The van der Waals surface area contributed by atoms with Crippen molar-refractivity contribution in [2.45, 2.75) is 31.0 Å². The van der Waals surface area contributed by atoms with Crippen LogP contribution in [-0.2, 0) is 26.2 Å². The van der Waals surface area contributed by atoms with E-state index in [1.54, 1.807) is 11.6 Å². The number of carboxylic acid groups (broad SMARTS) is 2. The molecule has 0 radical (unpaired) electrons. The van der Waals surface area contributed by atoms with Gasteiger partial charge in [0, 0.05) is 12.7 Å². The fourth-order valence-corrected chi connectivity index (χ4v) is 2.39. The van der Waals surface area contributed by atoms with E-state index in [-0.39, 0.29) is 5.03 Å². The summed E-state index contributed by atoms with van der Waals surface area (Å²) in [6.45, 7) is 2.27. The van der Waals surface area contributed by atoms with Crippen LogP contribution in [0, 0.1) is 0 Å². The zero-order chi connectivity index (χ0) is 14.6. The lowest BCUT2D eigenvalue weighted by Crippen LogP contribution is -2.42. The van der Waals surface area contributed by atoms with Crippen molar-refractivity contribution in [2.24, 2.45) is 0 Å². The van der Waals surface area contributed by atoms with Gasteiger partial charge in [0.25, 0.3) is 10.0 Å². The molecule has 0 aliphatic carbocycles. The lowest BCUT2D eigenvalue weighted by atomic mass is 10.2. The highest BCUT2D eigenvalue weighted by molar-refractivity contribution is 7.89. The van der Waals surface area contributed by atoms with Gasteiger partial charge in [-0.3, -0.25) is 9.59 Å². The molecule has 3 N–H and O–H groups in total. The Morgan fingerprint density at radius 2 is 2.11 bits per heavy atom. The van der Waals surface area contributed by atoms with Gasteiger partial charge >= 0.3 is 11.9 Å². The molecule has 0 fully saturated rings. The number of aryl methyl sites for hydroxylation is 1. The second kappa shape index (κ2) is 5.80. The number of carbonyl (C=O) groups is 2. The van der Waals surface area contributed by atoms with Gasteiger partial charge in [0.15, 0.2) is 5.03 Å². The molecule has 10 heteroatoms. The minimum atomic E-state index is -4.17. The number of rotatable bonds is 7. The summed E-state index contributed by atoms with van der Waals surface area (Å²) in [4.78, 5) is 24.9. The first-order valence-electron chi connectivity index (χ1n) is 5.25. The first kappa shape index (κ1) is 15.1. The quantitative estimate of drug-likeness (QED) is 0.592. The Hall–Kier alpha value is -1.94. The maximum Gasteiger partial charge on any atom is 0.322 e. The van der Waals surface area contributed by atoms with E-state index in [0.29, 0.717) is 6.54 Å². The molecule has 0 bridgehead atoms. The number of imidazole rings is 1. The number of hydrogen-bond acceptors (Lipinski definition) is 5. The van der Waals surface area contributed by atoms with E-state index >= 15 is 0 Å². The van der Waals surface area contributed by atoms with Crippen molar-refractivity contribution in [3.05, 3.63) is 12.5 Å². The van der Waals surface area contributed by atoms with Crippen molar-refractivity contribution in [1.29, 1.82) is 0 Å². The van der Waals surface area contributed by atoms with Crippen LogP contribution in [0.4, 0.5) is 0 Å². The first-order valence-corrected chi connectivity index (χ1v) is 6.73. The third kappa shape index (κ3) is 4.03. The number of sulfonamides is 1. The monoisotopic (exact) mass is 291 g/mol. The van der Waals surface area contributed by atoms with Gasteiger partial charge < -0.3 is 14.8 Å². The van der Waals surface area contributed by atoms with Gasteiger partial charge in [-0.1, -0.05) is 0 Å². The summed E-state index contributed by atoms with van der Waals surface area (Å²) in [5.74, 6) is -2.99. The summed E-state index contributed by atoms with van der Waals surface area (Å²) in [6.07, 6.45) is 1.65. The summed E-state index contributed by atoms with van der Waals surface area (Å²) in [5, 5.41) is 16.9. The van der Waals surface area contributed by atoms with Crippen LogP contribution in [0.2, 0.25) is 0 Å². The van der Waals surface area contributed by atoms with Crippen molar-refractivity contribution in [3.8, 4) is 0 Å². The number of aromatic nitrogens is 2. The number of nitrogens with one attached hydrogen (secondary N) is 1. The molecule has 1 aromatic rings. The average Bonchev–Trinajstić information content (AvgIpc) is 2.76. The molecule has 9 nitrogen and oxygen atoms in total. The fourth-order valence-electron chi connectivity index (χ4n) is 1.25. The molecule has 1 atom stereocenters. The minimum absolute atomic E-state index is 0.356. The van der Waals surface area contributed by atoms with Crippen LogP contribution in [0.25, 0.3) is 0 Å². The van der Waals surface area contributed by atoms with Crippen molar-refractivity contribution in [2.75, 3.05) is 0 Å². The number of nitrogens with zero attached hydrogens (tertiary/aromatic N) is 2. The molecule has 19 heavy (non-hydrogen) atoms. The molecule has 1 rings (SSSR count). The smallest absolute Gasteiger partial charge is 0.322 e. The van der Waals surface area contributed by atoms with Gasteiger partial charge in [-0.25, -0.2) is 13.4 Å². The number of hydrogen-bond donors (Lipinski definition) is 3. The van der Waals surface area contributed by atoms with E-state index in [9.17, 15) is 18.0 Å². The molecule has 0 spiro atoms. The largest absolute Gasteiger partial charge is 0.481 e. The molecule has 0 unspecified atom stereocenters. The maximum absolute atomic E-state index is 11.8. The average molecular weight is 291 g/mol. The molecule has 1 heterocycles. The van der Waals surface area contributed by atoms with Crippen LogP contribution in [0.5, 0.6) is 0 Å². The van der Waals surface area contributed by atoms with Crippen molar-refractivity contribution < 1.29 is 28.2 Å². The standard InChI is InChI=1S/C9H13N3O6S/c1-2-12-4-7(10-5-12)19(17,18)11-6(9(15)16)3-8(13)14/h4-6,11H,2-3H2,1H3,(H,13,14)(H,15,16)/t6-/m1/s1. The molecule has 0 aliphatic rings. The molecule has 0 saturated heterocycles. The van der Waals surface area contributed by atoms with E-state index in [0.717, 1.165) is 0 Å². The topological polar surface area (TPSA) is 139 Å². The van der Waals surface area contributed by atoms with E-state index in [1.807, 2.05) is 0 Å². The third-order valence-corrected chi connectivity index (χ3v) is 3.58. The van der Waals surface area contributed by atoms with Crippen molar-refractivity contribution in [1.82, 2.24) is 14.3 Å². The third-order valence-electron chi connectivity index (χ3n) is 2.22. The van der Waals surface area contributed by atoms with E-state index < -0.39 is 34.4 Å². The maximum atomic E-state index is 11.8. The molecule has 0 aliphatic heterocycles. The summed E-state index contributed by atoms with van der Waals surface area (Å²) in [5.41, 5.74) is 0. The predicted molar refractivity (Wildman–Crippen MR) is 61.9 cm³/mol. The van der Waals surface area contributed by atoms with Crippen LogP contribution in [0.1, 0.15) is 13.3 Å². The zero-order valence-electron chi connectivity index (χ0n) is 9.98. The predicted octanol–water partition coefficient (Wildman–Crippen LogP) is -0.891. The summed E-state index contributed by atoms with van der Waals surface area (Å²) in [7, 11) is -4.17. The first-order chi connectivity index (χ1) is 8.76. The minimum Gasteiger partial charge on any atom is -0.481 e. The van der Waals surface area contributed by atoms with Crippen LogP contribution in [0.3, 0.4) is 0 Å². The van der Waals surface area contributed by atoms with E-state index in [2.05, 4.69) is 4.98 Å². The highest BCUT2D eigenvalue weighted by Gasteiger charge is 2.28. The molecular weight excluding hydrogens is 278 g/mol. The van der Waals surface area contributed by atoms with Crippen molar-refractivity contribution >= 4 is 22.0 Å². The lowest BCUT2D eigenvalue weighted by molar-refractivity contribution is -0.145. The SMILES string of the molecule is CCn1cnc(S(=O)(=O)N[C@H](CC(=O)O)C(=O)O)c1. The summed E-state index contributed by atoms with van der Waals surface area (Å²) in [6, 6.07) is -1.74. The Kier molecular flexibility index (Phi) is 4.62. The Balaban J connectivity index is 2.93. The van der Waals surface area contributed by atoms with Gasteiger partial charge in [-0.2, -0.15) is 4.72 Å². The number of aliphatic carboxylic acids is 2. The second-order valence-electron chi connectivity index (χ2n) is 3.65. The highest BCUT2D eigenvalue weighted by atomic mass is 32.2. The molecular formula is C9H13N3O6S. The summed E-state index contributed by atoms with van der Waals surface area (Å²) < 4.78 is 26.9. The molecule has 0 saturated carbocycles. The number of carboxylic acids is 2. The second-order valence-corrected chi connectivity index (χ2v) is 5.31. The van der Waals surface area contributed by atoms with Gasteiger partial charge in [-0.15, -0.1) is 0 Å². The normalized spacial score (nSPS) is 13.1. The van der Waals surface area contributed by atoms with E-state index in [1.165, 1.54) is 17.1 Å². The van der Waals surface area contributed by atoms with Crippen LogP contribution in [-0.4, -0.2) is 46.2 Å². The summed E-state index contributed by atoms with van der Waals surface area (Å²) >= 11 is 0. The van der Waals surface area contributed by atoms with Gasteiger partial charge in [0.1, 0.15) is 6.04 Å². The van der Waals surface area contributed by atoms with Crippen LogP contribution >= 0.6 is 0 Å². The fraction of sp³-hybridized carbons (Fsp3) is 0.444. The Morgan fingerprint density at radius 3 is 2.53 bits per heavy atom. The Bertz CT molecular complexity index is 579.